The first-order chi connectivity index (χ1) is 8.74. The Morgan fingerprint density at radius 3 is 2.83 bits per heavy atom. The van der Waals surface area contributed by atoms with Gasteiger partial charge in [0.2, 0.25) is 0 Å². The summed E-state index contributed by atoms with van der Waals surface area (Å²) in [5.74, 6) is 0.295. The lowest BCUT2D eigenvalue weighted by Gasteiger charge is -2.03. The third kappa shape index (κ3) is 2.09. The van der Waals surface area contributed by atoms with Gasteiger partial charge in [0.15, 0.2) is 0 Å². The SMILES string of the molecule is Fc1ccccc1Cc1nc(Cl)c2ccsc2n1. The van der Waals surface area contributed by atoms with Crippen LogP contribution in [0.2, 0.25) is 5.15 Å². The highest BCUT2D eigenvalue weighted by Crippen LogP contribution is 2.25. The van der Waals surface area contributed by atoms with Crippen LogP contribution in [0.1, 0.15) is 11.4 Å². The molecular weight excluding hydrogens is 271 g/mol. The Labute approximate surface area is 112 Å². The molecule has 0 atom stereocenters. The Bertz CT molecular complexity index is 711. The Morgan fingerprint density at radius 1 is 1.17 bits per heavy atom. The van der Waals surface area contributed by atoms with Gasteiger partial charge in [0.25, 0.3) is 0 Å². The molecule has 0 radical (unpaired) electrons. The fourth-order valence-electron chi connectivity index (χ4n) is 1.75. The zero-order valence-corrected chi connectivity index (χ0v) is 10.8. The van der Waals surface area contributed by atoms with Crippen molar-refractivity contribution < 1.29 is 4.39 Å². The molecule has 3 rings (SSSR count). The van der Waals surface area contributed by atoms with Crippen molar-refractivity contribution in [1.29, 1.82) is 0 Å². The second-order valence-corrected chi connectivity index (χ2v) is 5.09. The van der Waals surface area contributed by atoms with Gasteiger partial charge >= 0.3 is 0 Å². The lowest BCUT2D eigenvalue weighted by Crippen LogP contribution is -1.98. The van der Waals surface area contributed by atoms with Crippen molar-refractivity contribution in [3.63, 3.8) is 0 Å². The lowest BCUT2D eigenvalue weighted by molar-refractivity contribution is 0.612. The van der Waals surface area contributed by atoms with Gasteiger partial charge in [-0.1, -0.05) is 29.8 Å². The van der Waals surface area contributed by atoms with Crippen LogP contribution in [-0.4, -0.2) is 9.97 Å². The first kappa shape index (κ1) is 11.6. The number of hydrogen-bond acceptors (Lipinski definition) is 3. The molecular formula is C13H8ClFN2S. The highest BCUT2D eigenvalue weighted by atomic mass is 35.5. The molecule has 1 aromatic carbocycles. The first-order valence-corrected chi connectivity index (χ1v) is 6.63. The van der Waals surface area contributed by atoms with Gasteiger partial charge in [0.1, 0.15) is 21.6 Å². The summed E-state index contributed by atoms with van der Waals surface area (Å²) < 4.78 is 13.5. The maximum Gasteiger partial charge on any atom is 0.141 e. The summed E-state index contributed by atoms with van der Waals surface area (Å²) in [5, 5.41) is 3.18. The predicted octanol–water partition coefficient (Wildman–Crippen LogP) is 4.07. The smallest absolute Gasteiger partial charge is 0.141 e. The van der Waals surface area contributed by atoms with E-state index in [9.17, 15) is 4.39 Å². The van der Waals surface area contributed by atoms with E-state index >= 15 is 0 Å². The minimum Gasteiger partial charge on any atom is -0.222 e. The zero-order chi connectivity index (χ0) is 12.5. The lowest BCUT2D eigenvalue weighted by atomic mass is 10.1. The summed E-state index contributed by atoms with van der Waals surface area (Å²) in [5.41, 5.74) is 0.574. The van der Waals surface area contributed by atoms with Gasteiger partial charge in [-0.25, -0.2) is 14.4 Å². The standard InChI is InChI=1S/C13H8ClFN2S/c14-12-9-5-6-18-13(9)17-11(16-12)7-8-3-1-2-4-10(8)15/h1-6H,7H2. The molecule has 5 heteroatoms. The number of thiophene rings is 1. The van der Waals surface area contributed by atoms with E-state index in [4.69, 9.17) is 11.6 Å². The molecule has 0 unspecified atom stereocenters. The molecule has 18 heavy (non-hydrogen) atoms. The minimum absolute atomic E-state index is 0.247. The van der Waals surface area contributed by atoms with Gasteiger partial charge in [-0.05, 0) is 23.1 Å². The van der Waals surface area contributed by atoms with Crippen molar-refractivity contribution in [1.82, 2.24) is 9.97 Å². The van der Waals surface area contributed by atoms with Crippen LogP contribution in [0.3, 0.4) is 0 Å². The minimum atomic E-state index is -0.247. The number of hydrogen-bond donors (Lipinski definition) is 0. The molecule has 2 heterocycles. The van der Waals surface area contributed by atoms with Crippen LogP contribution in [0, 0.1) is 5.82 Å². The van der Waals surface area contributed by atoms with E-state index in [1.807, 2.05) is 11.4 Å². The molecule has 0 aliphatic heterocycles. The van der Waals surface area contributed by atoms with Gasteiger partial charge in [0, 0.05) is 11.8 Å². The molecule has 0 fully saturated rings. The molecule has 0 aliphatic carbocycles. The number of fused-ring (bicyclic) bond motifs is 1. The summed E-state index contributed by atoms with van der Waals surface area (Å²) in [6, 6.07) is 8.50. The Morgan fingerprint density at radius 2 is 2.00 bits per heavy atom. The van der Waals surface area contributed by atoms with E-state index in [0.29, 0.717) is 23.0 Å². The largest absolute Gasteiger partial charge is 0.222 e. The Kier molecular flexibility index (Phi) is 2.97. The third-order valence-corrected chi connectivity index (χ3v) is 3.73. The summed E-state index contributed by atoms with van der Waals surface area (Å²) in [7, 11) is 0. The third-order valence-electron chi connectivity index (χ3n) is 2.63. The first-order valence-electron chi connectivity index (χ1n) is 5.37. The van der Waals surface area contributed by atoms with E-state index in [1.54, 1.807) is 18.2 Å². The second-order valence-electron chi connectivity index (χ2n) is 3.84. The van der Waals surface area contributed by atoms with Crippen LogP contribution in [-0.2, 0) is 6.42 Å². The van der Waals surface area contributed by atoms with E-state index in [2.05, 4.69) is 9.97 Å². The van der Waals surface area contributed by atoms with Crippen molar-refractivity contribution in [2.24, 2.45) is 0 Å². The van der Waals surface area contributed by atoms with Crippen LogP contribution >= 0.6 is 22.9 Å². The van der Waals surface area contributed by atoms with Gasteiger partial charge in [-0.15, -0.1) is 11.3 Å². The van der Waals surface area contributed by atoms with Crippen molar-refractivity contribution in [3.8, 4) is 0 Å². The van der Waals surface area contributed by atoms with E-state index in [1.165, 1.54) is 17.4 Å². The Hall–Kier alpha value is -1.52. The molecule has 2 aromatic heterocycles. The average molecular weight is 279 g/mol. The molecule has 0 amide bonds. The molecule has 90 valence electrons. The quantitative estimate of drug-likeness (QED) is 0.660. The van der Waals surface area contributed by atoms with E-state index in [-0.39, 0.29) is 5.82 Å². The second kappa shape index (κ2) is 4.63. The fraction of sp³-hybridized carbons (Fsp3) is 0.0769. The molecule has 0 spiro atoms. The molecule has 0 saturated heterocycles. The number of nitrogens with zero attached hydrogens (tertiary/aromatic N) is 2. The van der Waals surface area contributed by atoms with Gasteiger partial charge in [0.05, 0.1) is 0 Å². The highest BCUT2D eigenvalue weighted by Gasteiger charge is 2.09. The summed E-state index contributed by atoms with van der Waals surface area (Å²) >= 11 is 7.57. The summed E-state index contributed by atoms with van der Waals surface area (Å²) in [4.78, 5) is 9.43. The van der Waals surface area contributed by atoms with Crippen LogP contribution in [0.4, 0.5) is 4.39 Å². The van der Waals surface area contributed by atoms with Gasteiger partial charge in [-0.3, -0.25) is 0 Å². The van der Waals surface area contributed by atoms with Crippen molar-refractivity contribution in [3.05, 3.63) is 58.1 Å². The van der Waals surface area contributed by atoms with Crippen molar-refractivity contribution >= 4 is 33.2 Å². The van der Waals surface area contributed by atoms with E-state index < -0.39 is 0 Å². The normalized spacial score (nSPS) is 11.0. The number of aromatic nitrogens is 2. The van der Waals surface area contributed by atoms with Crippen molar-refractivity contribution in [2.75, 3.05) is 0 Å². The molecule has 2 nitrogen and oxygen atoms in total. The number of benzene rings is 1. The van der Waals surface area contributed by atoms with Crippen LogP contribution in [0.25, 0.3) is 10.2 Å². The number of halogens is 2. The molecule has 0 N–H and O–H groups in total. The van der Waals surface area contributed by atoms with Crippen molar-refractivity contribution in [2.45, 2.75) is 6.42 Å². The topological polar surface area (TPSA) is 25.8 Å². The summed E-state index contributed by atoms with van der Waals surface area (Å²) in [6.07, 6.45) is 0.347. The molecule has 0 aliphatic rings. The van der Waals surface area contributed by atoms with Gasteiger partial charge in [-0.2, -0.15) is 0 Å². The number of rotatable bonds is 2. The maximum absolute atomic E-state index is 13.5. The Balaban J connectivity index is 2.02. The highest BCUT2D eigenvalue weighted by molar-refractivity contribution is 7.16. The van der Waals surface area contributed by atoms with Crippen LogP contribution in [0.15, 0.2) is 35.7 Å². The van der Waals surface area contributed by atoms with E-state index in [0.717, 1.165) is 10.2 Å². The summed E-state index contributed by atoms with van der Waals surface area (Å²) in [6.45, 7) is 0. The van der Waals surface area contributed by atoms with Crippen LogP contribution in [0.5, 0.6) is 0 Å². The van der Waals surface area contributed by atoms with Gasteiger partial charge < -0.3 is 0 Å². The fourth-order valence-corrected chi connectivity index (χ4v) is 2.84. The molecule has 0 saturated carbocycles. The monoisotopic (exact) mass is 278 g/mol. The molecule has 0 bridgehead atoms. The predicted molar refractivity (Wildman–Crippen MR) is 71.6 cm³/mol. The maximum atomic E-state index is 13.5. The average Bonchev–Trinajstić information content (AvgIpc) is 2.81. The molecule has 3 aromatic rings. The van der Waals surface area contributed by atoms with Crippen LogP contribution < -0.4 is 0 Å². The zero-order valence-electron chi connectivity index (χ0n) is 9.23.